The highest BCUT2D eigenvalue weighted by Crippen LogP contribution is 2.24. The number of hydrogen-bond acceptors (Lipinski definition) is 5. The molecule has 0 radical (unpaired) electrons. The van der Waals surface area contributed by atoms with Gasteiger partial charge in [0.25, 0.3) is 0 Å². The van der Waals surface area contributed by atoms with Crippen LogP contribution in [-0.4, -0.2) is 21.8 Å². The molecule has 0 unspecified atom stereocenters. The molecule has 0 aliphatic rings. The maximum absolute atomic E-state index is 11.4. The molecule has 0 saturated carbocycles. The van der Waals surface area contributed by atoms with Gasteiger partial charge >= 0.3 is 0 Å². The summed E-state index contributed by atoms with van der Waals surface area (Å²) in [6.07, 6.45) is 0. The molecule has 2 aromatic carbocycles. The molecule has 0 atom stereocenters. The van der Waals surface area contributed by atoms with Gasteiger partial charge in [-0.15, -0.1) is 0 Å². The van der Waals surface area contributed by atoms with Crippen LogP contribution in [0.1, 0.15) is 31.1 Å². The van der Waals surface area contributed by atoms with E-state index in [1.54, 1.807) is 19.1 Å². The number of benzene rings is 2. The van der Waals surface area contributed by atoms with Crippen LogP contribution in [0.5, 0.6) is 0 Å². The zero-order valence-corrected chi connectivity index (χ0v) is 15.2. The van der Waals surface area contributed by atoms with E-state index >= 15 is 0 Å². The lowest BCUT2D eigenvalue weighted by Gasteiger charge is -2.13. The fourth-order valence-electron chi connectivity index (χ4n) is 2.53. The first-order valence-corrected chi connectivity index (χ1v) is 8.60. The molecule has 1 heterocycles. The second-order valence-corrected chi connectivity index (χ2v) is 6.39. The van der Waals surface area contributed by atoms with Crippen molar-refractivity contribution in [2.75, 3.05) is 10.6 Å². The van der Waals surface area contributed by atoms with E-state index in [0.717, 1.165) is 16.9 Å². The number of anilines is 3. The minimum absolute atomic E-state index is 0.0494. The number of ketones is 1. The van der Waals surface area contributed by atoms with Gasteiger partial charge in [-0.3, -0.25) is 4.79 Å². The van der Waals surface area contributed by atoms with E-state index in [-0.39, 0.29) is 11.8 Å². The lowest BCUT2D eigenvalue weighted by molar-refractivity contribution is 0.101. The van der Waals surface area contributed by atoms with E-state index in [2.05, 4.69) is 20.6 Å². The zero-order chi connectivity index (χ0) is 18.5. The summed E-state index contributed by atoms with van der Waals surface area (Å²) in [5.41, 5.74) is 3.41. The summed E-state index contributed by atoms with van der Waals surface area (Å²) < 4.78 is 0. The van der Waals surface area contributed by atoms with Crippen molar-refractivity contribution in [2.24, 2.45) is 0 Å². The van der Waals surface area contributed by atoms with Gasteiger partial charge in [0.05, 0.1) is 5.69 Å². The molecule has 132 valence electrons. The number of carbonyl (C=O) groups is 1. The summed E-state index contributed by atoms with van der Waals surface area (Å²) in [5, 5.41) is 6.55. The summed E-state index contributed by atoms with van der Waals surface area (Å²) in [4.78, 5) is 20.6. The molecule has 0 aliphatic carbocycles. The number of rotatable bonds is 6. The molecule has 1 aromatic heterocycles. The SMILES string of the molecule is CC(=O)c1ccc(Nc2cc(-c3ccccc3)nc(NC(C)C)n2)cc1. The predicted molar refractivity (Wildman–Crippen MR) is 106 cm³/mol. The highest BCUT2D eigenvalue weighted by atomic mass is 16.1. The number of nitrogens with one attached hydrogen (secondary N) is 2. The highest BCUT2D eigenvalue weighted by molar-refractivity contribution is 5.94. The average molecular weight is 346 g/mol. The number of aromatic nitrogens is 2. The van der Waals surface area contributed by atoms with Crippen LogP contribution in [0.4, 0.5) is 17.5 Å². The molecule has 0 amide bonds. The number of Topliss-reactive ketones (excluding diaryl/α,β-unsaturated/α-hetero) is 1. The summed E-state index contributed by atoms with van der Waals surface area (Å²) in [7, 11) is 0. The molecule has 0 spiro atoms. The maximum Gasteiger partial charge on any atom is 0.225 e. The predicted octanol–water partition coefficient (Wildman–Crippen LogP) is 4.91. The van der Waals surface area contributed by atoms with E-state index < -0.39 is 0 Å². The van der Waals surface area contributed by atoms with Gasteiger partial charge in [-0.05, 0) is 45.0 Å². The first-order chi connectivity index (χ1) is 12.5. The van der Waals surface area contributed by atoms with Gasteiger partial charge in [0.15, 0.2) is 5.78 Å². The summed E-state index contributed by atoms with van der Waals surface area (Å²) in [6.45, 7) is 5.65. The van der Waals surface area contributed by atoms with Crippen molar-refractivity contribution in [1.82, 2.24) is 9.97 Å². The molecule has 5 heteroatoms. The van der Waals surface area contributed by atoms with Crippen LogP contribution in [0.3, 0.4) is 0 Å². The molecule has 26 heavy (non-hydrogen) atoms. The van der Waals surface area contributed by atoms with Crippen LogP contribution in [0.25, 0.3) is 11.3 Å². The minimum atomic E-state index is 0.0494. The van der Waals surface area contributed by atoms with Crippen LogP contribution >= 0.6 is 0 Å². The Kier molecular flexibility index (Phi) is 5.27. The highest BCUT2D eigenvalue weighted by Gasteiger charge is 2.08. The summed E-state index contributed by atoms with van der Waals surface area (Å²) in [6, 6.07) is 19.5. The van der Waals surface area contributed by atoms with E-state index in [0.29, 0.717) is 17.3 Å². The van der Waals surface area contributed by atoms with Gasteiger partial charge in [-0.25, -0.2) is 4.98 Å². The Labute approximate surface area is 153 Å². The van der Waals surface area contributed by atoms with Crippen molar-refractivity contribution in [1.29, 1.82) is 0 Å². The van der Waals surface area contributed by atoms with E-state index in [1.807, 2.05) is 62.4 Å². The molecule has 0 aliphatic heterocycles. The third kappa shape index (κ3) is 4.45. The van der Waals surface area contributed by atoms with Gasteiger partial charge in [-0.2, -0.15) is 4.98 Å². The van der Waals surface area contributed by atoms with Crippen LogP contribution < -0.4 is 10.6 Å². The Bertz CT molecular complexity index is 890. The molecule has 0 saturated heterocycles. The summed E-state index contributed by atoms with van der Waals surface area (Å²) >= 11 is 0. The smallest absolute Gasteiger partial charge is 0.225 e. The van der Waals surface area contributed by atoms with E-state index in [1.165, 1.54) is 0 Å². The van der Waals surface area contributed by atoms with Crippen LogP contribution in [0.2, 0.25) is 0 Å². The third-order valence-corrected chi connectivity index (χ3v) is 3.78. The Morgan fingerprint density at radius 2 is 1.65 bits per heavy atom. The fourth-order valence-corrected chi connectivity index (χ4v) is 2.53. The minimum Gasteiger partial charge on any atom is -0.352 e. The van der Waals surface area contributed by atoms with Gasteiger partial charge in [0.1, 0.15) is 5.82 Å². The first-order valence-electron chi connectivity index (χ1n) is 8.60. The van der Waals surface area contributed by atoms with Crippen molar-refractivity contribution in [3.63, 3.8) is 0 Å². The number of hydrogen-bond donors (Lipinski definition) is 2. The Hall–Kier alpha value is -3.21. The second-order valence-electron chi connectivity index (χ2n) is 6.39. The first kappa shape index (κ1) is 17.6. The van der Waals surface area contributed by atoms with Gasteiger partial charge < -0.3 is 10.6 Å². The summed E-state index contributed by atoms with van der Waals surface area (Å²) in [5.74, 6) is 1.31. The van der Waals surface area contributed by atoms with Crippen molar-refractivity contribution in [2.45, 2.75) is 26.8 Å². The van der Waals surface area contributed by atoms with Crippen LogP contribution in [0, 0.1) is 0 Å². The molecule has 0 fully saturated rings. The second kappa shape index (κ2) is 7.78. The third-order valence-electron chi connectivity index (χ3n) is 3.78. The van der Waals surface area contributed by atoms with Gasteiger partial charge in [0, 0.05) is 28.9 Å². The van der Waals surface area contributed by atoms with Crippen LogP contribution in [-0.2, 0) is 0 Å². The van der Waals surface area contributed by atoms with Gasteiger partial charge in [-0.1, -0.05) is 30.3 Å². The van der Waals surface area contributed by atoms with Crippen molar-refractivity contribution >= 4 is 23.2 Å². The molecule has 3 rings (SSSR count). The Morgan fingerprint density at radius 3 is 2.27 bits per heavy atom. The van der Waals surface area contributed by atoms with E-state index in [9.17, 15) is 4.79 Å². The standard InChI is InChI=1S/C21H22N4O/c1-14(2)22-21-24-19(17-7-5-4-6-8-17)13-20(25-21)23-18-11-9-16(10-12-18)15(3)26/h4-14H,1-3H3,(H2,22,23,24,25). The fraction of sp³-hybridized carbons (Fsp3) is 0.190. The molecular formula is C21H22N4O. The average Bonchev–Trinajstić information content (AvgIpc) is 2.62. The Morgan fingerprint density at radius 1 is 0.962 bits per heavy atom. The number of carbonyl (C=O) groups excluding carboxylic acids is 1. The Balaban J connectivity index is 1.93. The molecular weight excluding hydrogens is 324 g/mol. The topological polar surface area (TPSA) is 66.9 Å². The number of nitrogens with zero attached hydrogens (tertiary/aromatic N) is 2. The molecule has 3 aromatic rings. The largest absolute Gasteiger partial charge is 0.352 e. The van der Waals surface area contributed by atoms with Crippen molar-refractivity contribution in [3.8, 4) is 11.3 Å². The maximum atomic E-state index is 11.4. The molecule has 0 bridgehead atoms. The molecule has 2 N–H and O–H groups in total. The van der Waals surface area contributed by atoms with Gasteiger partial charge in [0.2, 0.25) is 5.95 Å². The van der Waals surface area contributed by atoms with Crippen molar-refractivity contribution in [3.05, 3.63) is 66.2 Å². The van der Waals surface area contributed by atoms with Crippen LogP contribution in [0.15, 0.2) is 60.7 Å². The lowest BCUT2D eigenvalue weighted by Crippen LogP contribution is -2.13. The monoisotopic (exact) mass is 346 g/mol. The van der Waals surface area contributed by atoms with E-state index in [4.69, 9.17) is 0 Å². The normalized spacial score (nSPS) is 10.6. The van der Waals surface area contributed by atoms with Crippen molar-refractivity contribution < 1.29 is 4.79 Å². The zero-order valence-electron chi connectivity index (χ0n) is 15.2. The molecule has 5 nitrogen and oxygen atoms in total. The lowest BCUT2D eigenvalue weighted by atomic mass is 10.1. The quantitative estimate of drug-likeness (QED) is 0.621.